The van der Waals surface area contributed by atoms with Crippen LogP contribution in [0.5, 0.6) is 0 Å². The molecule has 1 fully saturated rings. The van der Waals surface area contributed by atoms with Crippen molar-refractivity contribution in [1.29, 1.82) is 0 Å². The minimum Gasteiger partial charge on any atom is -0.349 e. The quantitative estimate of drug-likeness (QED) is 0.718. The molecule has 5 nitrogen and oxygen atoms in total. The minimum atomic E-state index is -0.309. The first kappa shape index (κ1) is 21.5. The summed E-state index contributed by atoms with van der Waals surface area (Å²) in [5.41, 5.74) is 2.24. The van der Waals surface area contributed by atoms with Crippen molar-refractivity contribution in [2.75, 3.05) is 26.2 Å². The molecule has 6 heteroatoms. The number of carbonyl (C=O) groups excluding carboxylic acids is 2. The maximum atomic E-state index is 13.0. The smallest absolute Gasteiger partial charge is 0.225 e. The van der Waals surface area contributed by atoms with Crippen LogP contribution in [-0.4, -0.2) is 47.8 Å². The number of benzene rings is 2. The van der Waals surface area contributed by atoms with Gasteiger partial charge in [0.15, 0.2) is 0 Å². The molecule has 29 heavy (non-hydrogen) atoms. The van der Waals surface area contributed by atoms with Gasteiger partial charge >= 0.3 is 0 Å². The second-order valence-electron chi connectivity index (χ2n) is 7.50. The van der Waals surface area contributed by atoms with E-state index in [4.69, 9.17) is 0 Å². The Morgan fingerprint density at radius 2 is 1.72 bits per heavy atom. The van der Waals surface area contributed by atoms with Crippen molar-refractivity contribution >= 4 is 27.7 Å². The summed E-state index contributed by atoms with van der Waals surface area (Å²) in [6, 6.07) is 17.9. The zero-order valence-electron chi connectivity index (χ0n) is 16.8. The van der Waals surface area contributed by atoms with Crippen molar-refractivity contribution in [3.63, 3.8) is 0 Å². The van der Waals surface area contributed by atoms with E-state index in [0.29, 0.717) is 0 Å². The van der Waals surface area contributed by atoms with E-state index >= 15 is 0 Å². The summed E-state index contributed by atoms with van der Waals surface area (Å²) in [6.45, 7) is 5.74. The molecule has 0 aromatic heterocycles. The minimum absolute atomic E-state index is 0.0910. The van der Waals surface area contributed by atoms with E-state index in [-0.39, 0.29) is 24.3 Å². The van der Waals surface area contributed by atoms with Gasteiger partial charge in [-0.3, -0.25) is 14.5 Å². The lowest BCUT2D eigenvalue weighted by molar-refractivity contribution is -0.132. The van der Waals surface area contributed by atoms with Crippen molar-refractivity contribution < 1.29 is 9.59 Å². The highest BCUT2D eigenvalue weighted by Crippen LogP contribution is 2.21. The molecule has 154 valence electrons. The van der Waals surface area contributed by atoms with Gasteiger partial charge in [0, 0.05) is 44.1 Å². The van der Waals surface area contributed by atoms with Gasteiger partial charge in [-0.15, -0.1) is 0 Å². The second-order valence-corrected chi connectivity index (χ2v) is 8.42. The molecule has 1 heterocycles. The van der Waals surface area contributed by atoms with Crippen molar-refractivity contribution in [2.45, 2.75) is 32.4 Å². The Bertz CT molecular complexity index is 811. The number of rotatable bonds is 6. The molecule has 2 amide bonds. The van der Waals surface area contributed by atoms with Gasteiger partial charge in [0.2, 0.25) is 11.8 Å². The predicted molar refractivity (Wildman–Crippen MR) is 118 cm³/mol. The van der Waals surface area contributed by atoms with Gasteiger partial charge in [-0.1, -0.05) is 58.4 Å². The maximum absolute atomic E-state index is 13.0. The Balaban J connectivity index is 1.59. The summed E-state index contributed by atoms with van der Waals surface area (Å²) in [6.07, 6.45) is 1.24. The van der Waals surface area contributed by atoms with Crippen LogP contribution in [0.4, 0.5) is 0 Å². The number of halogens is 1. The second kappa shape index (κ2) is 10.6. The van der Waals surface area contributed by atoms with Crippen LogP contribution in [0.25, 0.3) is 0 Å². The van der Waals surface area contributed by atoms with Crippen molar-refractivity contribution in [3.05, 3.63) is 70.2 Å². The largest absolute Gasteiger partial charge is 0.349 e. The summed E-state index contributed by atoms with van der Waals surface area (Å²) in [5.74, 6) is -0.0381. The standard InChI is InChI=1S/C23H28BrN3O2/c1-18(28)25-22(20-8-10-21(24)11-9-20)16-23(29)27-13-5-12-26(14-15-27)17-19-6-3-2-4-7-19/h2-4,6-11,22H,5,12-17H2,1H3,(H,25,28). The van der Waals surface area contributed by atoms with Crippen LogP contribution in [0.15, 0.2) is 59.1 Å². The van der Waals surface area contributed by atoms with E-state index in [0.717, 1.165) is 49.2 Å². The Morgan fingerprint density at radius 3 is 2.41 bits per heavy atom. The Morgan fingerprint density at radius 1 is 1.00 bits per heavy atom. The number of hydrogen-bond acceptors (Lipinski definition) is 3. The third-order valence-electron chi connectivity index (χ3n) is 5.22. The fraction of sp³-hybridized carbons (Fsp3) is 0.391. The molecule has 0 saturated carbocycles. The van der Waals surface area contributed by atoms with Crippen molar-refractivity contribution in [2.24, 2.45) is 0 Å². The summed E-state index contributed by atoms with van der Waals surface area (Å²) in [4.78, 5) is 29.0. The Labute approximate surface area is 181 Å². The van der Waals surface area contributed by atoms with Gasteiger partial charge in [0.05, 0.1) is 12.5 Å². The summed E-state index contributed by atoms with van der Waals surface area (Å²) in [5, 5.41) is 2.93. The molecule has 0 bridgehead atoms. The number of nitrogens with one attached hydrogen (secondary N) is 1. The summed E-state index contributed by atoms with van der Waals surface area (Å²) >= 11 is 3.43. The van der Waals surface area contributed by atoms with Crippen LogP contribution in [0.2, 0.25) is 0 Å². The van der Waals surface area contributed by atoms with Crippen LogP contribution < -0.4 is 5.32 Å². The normalized spacial score (nSPS) is 16.1. The average Bonchev–Trinajstić information content (AvgIpc) is 2.94. The zero-order chi connectivity index (χ0) is 20.6. The first-order valence-electron chi connectivity index (χ1n) is 10.1. The van der Waals surface area contributed by atoms with E-state index < -0.39 is 0 Å². The molecule has 2 aromatic rings. The summed E-state index contributed by atoms with van der Waals surface area (Å²) in [7, 11) is 0. The topological polar surface area (TPSA) is 52.7 Å². The number of carbonyl (C=O) groups is 2. The van der Waals surface area contributed by atoms with Gasteiger partial charge < -0.3 is 10.2 Å². The first-order chi connectivity index (χ1) is 14.0. The third kappa shape index (κ3) is 6.68. The van der Waals surface area contributed by atoms with Gasteiger partial charge in [-0.25, -0.2) is 0 Å². The number of hydrogen-bond donors (Lipinski definition) is 1. The average molecular weight is 458 g/mol. The fourth-order valence-electron chi connectivity index (χ4n) is 3.72. The first-order valence-corrected chi connectivity index (χ1v) is 10.9. The molecule has 1 saturated heterocycles. The molecule has 1 unspecified atom stereocenters. The third-order valence-corrected chi connectivity index (χ3v) is 5.75. The van der Waals surface area contributed by atoms with Crippen LogP contribution in [0.3, 0.4) is 0 Å². The van der Waals surface area contributed by atoms with Gasteiger partial charge in [0.1, 0.15) is 0 Å². The van der Waals surface area contributed by atoms with E-state index in [1.807, 2.05) is 35.2 Å². The lowest BCUT2D eigenvalue weighted by atomic mass is 10.0. The maximum Gasteiger partial charge on any atom is 0.225 e. The molecule has 0 radical (unpaired) electrons. The van der Waals surface area contributed by atoms with Crippen LogP contribution in [-0.2, 0) is 16.1 Å². The van der Waals surface area contributed by atoms with E-state index in [9.17, 15) is 9.59 Å². The lowest BCUT2D eigenvalue weighted by Crippen LogP contribution is -2.38. The Hall–Kier alpha value is -2.18. The molecule has 2 aromatic carbocycles. The van der Waals surface area contributed by atoms with Crippen LogP contribution >= 0.6 is 15.9 Å². The molecule has 0 aliphatic carbocycles. The highest BCUT2D eigenvalue weighted by Gasteiger charge is 2.23. The van der Waals surface area contributed by atoms with Gasteiger partial charge in [0.25, 0.3) is 0 Å². The van der Waals surface area contributed by atoms with E-state index in [1.54, 1.807) is 0 Å². The molecule has 3 rings (SSSR count). The molecule has 1 atom stereocenters. The molecule has 1 aliphatic rings. The molecule has 1 aliphatic heterocycles. The number of nitrogens with zero attached hydrogens (tertiary/aromatic N) is 2. The van der Waals surface area contributed by atoms with Crippen LogP contribution in [0.1, 0.15) is 36.9 Å². The fourth-order valence-corrected chi connectivity index (χ4v) is 3.98. The zero-order valence-corrected chi connectivity index (χ0v) is 18.4. The lowest BCUT2D eigenvalue weighted by Gasteiger charge is -2.25. The van der Waals surface area contributed by atoms with Gasteiger partial charge in [-0.2, -0.15) is 0 Å². The van der Waals surface area contributed by atoms with Gasteiger partial charge in [-0.05, 0) is 29.7 Å². The molecule has 0 spiro atoms. The highest BCUT2D eigenvalue weighted by molar-refractivity contribution is 9.10. The van der Waals surface area contributed by atoms with Crippen molar-refractivity contribution in [3.8, 4) is 0 Å². The SMILES string of the molecule is CC(=O)NC(CC(=O)N1CCCN(Cc2ccccc2)CC1)c1ccc(Br)cc1. The summed E-state index contributed by atoms with van der Waals surface area (Å²) < 4.78 is 0.972. The van der Waals surface area contributed by atoms with Crippen LogP contribution in [0, 0.1) is 0 Å². The molecule has 1 N–H and O–H groups in total. The van der Waals surface area contributed by atoms with Crippen molar-refractivity contribution in [1.82, 2.24) is 15.1 Å². The highest BCUT2D eigenvalue weighted by atomic mass is 79.9. The van der Waals surface area contributed by atoms with E-state index in [2.05, 4.69) is 50.4 Å². The Kier molecular flexibility index (Phi) is 7.83. The molecular weight excluding hydrogens is 430 g/mol. The number of amides is 2. The monoisotopic (exact) mass is 457 g/mol. The molecular formula is C23H28BrN3O2. The van der Waals surface area contributed by atoms with E-state index in [1.165, 1.54) is 12.5 Å². The predicted octanol–water partition coefficient (Wildman–Crippen LogP) is 3.75.